The molecule has 3 heterocycles. The van der Waals surface area contributed by atoms with Gasteiger partial charge in [-0.05, 0) is 58.6 Å². The van der Waals surface area contributed by atoms with Crippen LogP contribution in [0.25, 0.3) is 0 Å². The van der Waals surface area contributed by atoms with Gasteiger partial charge in [-0.3, -0.25) is 10.1 Å². The van der Waals surface area contributed by atoms with E-state index in [0.29, 0.717) is 24.8 Å². The number of nitro groups is 1. The second kappa shape index (κ2) is 9.42. The Bertz CT molecular complexity index is 1150. The van der Waals surface area contributed by atoms with Gasteiger partial charge in [0.25, 0.3) is 5.69 Å². The van der Waals surface area contributed by atoms with Crippen LogP contribution in [-0.4, -0.2) is 50.9 Å². The fraction of sp³-hybridized carbons (Fsp3) is 0.389. The molecule has 164 valence electrons. The standard InChI is InChI=1S/C18H20N6O4S3/c25-24(26)16-12-15(31(27,28)22-9-3-1-2-4-10-22)7-8-17(16)30-18-19-20-21-23(18)13-14-6-5-11-29-14/h5-8,11-12H,1-4,9-10,13H2. The van der Waals surface area contributed by atoms with Gasteiger partial charge in [-0.15, -0.1) is 16.4 Å². The Labute approximate surface area is 187 Å². The van der Waals surface area contributed by atoms with Crippen molar-refractivity contribution in [3.63, 3.8) is 0 Å². The molecule has 2 aromatic heterocycles. The number of aromatic nitrogens is 4. The van der Waals surface area contributed by atoms with Gasteiger partial charge in [-0.25, -0.2) is 13.1 Å². The van der Waals surface area contributed by atoms with Crippen LogP contribution >= 0.6 is 23.1 Å². The van der Waals surface area contributed by atoms with Gasteiger partial charge in [0.1, 0.15) is 0 Å². The molecule has 0 bridgehead atoms. The van der Waals surface area contributed by atoms with E-state index in [0.717, 1.165) is 48.4 Å². The second-order valence-corrected chi connectivity index (χ2v) is 11.0. The summed E-state index contributed by atoms with van der Waals surface area (Å²) in [5, 5.41) is 25.7. The molecule has 1 aliphatic heterocycles. The van der Waals surface area contributed by atoms with E-state index >= 15 is 0 Å². The maximum atomic E-state index is 13.0. The normalized spacial score (nSPS) is 15.6. The molecule has 0 aliphatic carbocycles. The Morgan fingerprint density at radius 2 is 1.94 bits per heavy atom. The van der Waals surface area contributed by atoms with Crippen molar-refractivity contribution in [3.8, 4) is 0 Å². The highest BCUT2D eigenvalue weighted by atomic mass is 32.2. The maximum absolute atomic E-state index is 13.0. The van der Waals surface area contributed by atoms with Gasteiger partial charge in [0.15, 0.2) is 0 Å². The molecule has 13 heteroatoms. The van der Waals surface area contributed by atoms with E-state index in [9.17, 15) is 18.5 Å². The van der Waals surface area contributed by atoms with E-state index in [1.165, 1.54) is 16.4 Å². The van der Waals surface area contributed by atoms with Crippen LogP contribution in [-0.2, 0) is 16.6 Å². The van der Waals surface area contributed by atoms with Crippen LogP contribution in [0.5, 0.6) is 0 Å². The van der Waals surface area contributed by atoms with Gasteiger partial charge in [-0.1, -0.05) is 18.9 Å². The molecular formula is C18H20N6O4S3. The van der Waals surface area contributed by atoms with Crippen LogP contribution < -0.4 is 0 Å². The Morgan fingerprint density at radius 3 is 2.61 bits per heavy atom. The zero-order valence-electron chi connectivity index (χ0n) is 16.5. The van der Waals surface area contributed by atoms with Gasteiger partial charge in [0.05, 0.1) is 21.3 Å². The van der Waals surface area contributed by atoms with Crippen LogP contribution in [0.15, 0.2) is 50.7 Å². The lowest BCUT2D eigenvalue weighted by atomic mass is 10.2. The predicted octanol–water partition coefficient (Wildman–Crippen LogP) is 3.41. The third-order valence-electron chi connectivity index (χ3n) is 4.92. The average molecular weight is 481 g/mol. The second-order valence-electron chi connectivity index (χ2n) is 7.01. The first-order chi connectivity index (χ1) is 14.9. The lowest BCUT2D eigenvalue weighted by Gasteiger charge is -2.20. The molecule has 0 unspecified atom stereocenters. The Kier molecular flexibility index (Phi) is 6.65. The smallest absolute Gasteiger partial charge is 0.258 e. The number of thiophene rings is 1. The van der Waals surface area contributed by atoms with Crippen molar-refractivity contribution < 1.29 is 13.3 Å². The van der Waals surface area contributed by atoms with E-state index in [1.54, 1.807) is 16.0 Å². The predicted molar refractivity (Wildman–Crippen MR) is 116 cm³/mol. The number of tetrazole rings is 1. The van der Waals surface area contributed by atoms with Gasteiger partial charge in [-0.2, -0.15) is 4.31 Å². The summed E-state index contributed by atoms with van der Waals surface area (Å²) in [6.07, 6.45) is 3.56. The minimum absolute atomic E-state index is 0.0661. The molecular weight excluding hydrogens is 460 g/mol. The molecule has 1 saturated heterocycles. The first-order valence-electron chi connectivity index (χ1n) is 9.70. The van der Waals surface area contributed by atoms with Crippen LogP contribution in [0.4, 0.5) is 5.69 Å². The molecule has 0 N–H and O–H groups in total. The molecule has 0 radical (unpaired) electrons. The van der Waals surface area contributed by atoms with Crippen molar-refractivity contribution in [2.45, 2.75) is 47.2 Å². The number of nitro benzene ring substituents is 1. The van der Waals surface area contributed by atoms with Crippen LogP contribution in [0.3, 0.4) is 0 Å². The summed E-state index contributed by atoms with van der Waals surface area (Å²) in [6, 6.07) is 7.88. The summed E-state index contributed by atoms with van der Waals surface area (Å²) in [4.78, 5) is 12.4. The van der Waals surface area contributed by atoms with Crippen molar-refractivity contribution in [2.24, 2.45) is 0 Å². The van der Waals surface area contributed by atoms with E-state index < -0.39 is 14.9 Å². The number of benzene rings is 1. The summed E-state index contributed by atoms with van der Waals surface area (Å²) in [5.41, 5.74) is -0.286. The molecule has 1 fully saturated rings. The SMILES string of the molecule is O=[N+]([O-])c1cc(S(=O)(=O)N2CCCCCC2)ccc1Sc1nnnn1Cc1cccs1. The van der Waals surface area contributed by atoms with E-state index in [-0.39, 0.29) is 15.5 Å². The van der Waals surface area contributed by atoms with Gasteiger partial charge >= 0.3 is 0 Å². The minimum atomic E-state index is -3.79. The van der Waals surface area contributed by atoms with Gasteiger partial charge < -0.3 is 0 Å². The summed E-state index contributed by atoms with van der Waals surface area (Å²) in [5.74, 6) is 0. The zero-order chi connectivity index (χ0) is 21.8. The largest absolute Gasteiger partial charge is 0.284 e. The average Bonchev–Trinajstić information content (AvgIpc) is 3.33. The molecule has 10 nitrogen and oxygen atoms in total. The summed E-state index contributed by atoms with van der Waals surface area (Å²) in [6.45, 7) is 1.32. The molecule has 0 spiro atoms. The number of hydrogen-bond acceptors (Lipinski definition) is 9. The highest BCUT2D eigenvalue weighted by molar-refractivity contribution is 7.99. The van der Waals surface area contributed by atoms with Crippen LogP contribution in [0.2, 0.25) is 0 Å². The Morgan fingerprint density at radius 1 is 1.16 bits per heavy atom. The molecule has 0 amide bonds. The molecule has 4 rings (SSSR count). The van der Waals surface area contributed by atoms with E-state index in [1.807, 2.05) is 17.5 Å². The van der Waals surface area contributed by atoms with E-state index in [2.05, 4.69) is 15.5 Å². The third-order valence-corrected chi connectivity index (χ3v) is 8.71. The third kappa shape index (κ3) is 4.95. The summed E-state index contributed by atoms with van der Waals surface area (Å²) in [7, 11) is -3.79. The van der Waals surface area contributed by atoms with E-state index in [4.69, 9.17) is 0 Å². The zero-order valence-corrected chi connectivity index (χ0v) is 18.9. The fourth-order valence-corrected chi connectivity index (χ4v) is 6.41. The van der Waals surface area contributed by atoms with Crippen molar-refractivity contribution in [1.29, 1.82) is 0 Å². The molecule has 3 aromatic rings. The number of rotatable bonds is 7. The molecule has 31 heavy (non-hydrogen) atoms. The fourth-order valence-electron chi connectivity index (χ4n) is 3.34. The summed E-state index contributed by atoms with van der Waals surface area (Å²) < 4.78 is 29.1. The van der Waals surface area contributed by atoms with Crippen molar-refractivity contribution in [2.75, 3.05) is 13.1 Å². The molecule has 1 aromatic carbocycles. The maximum Gasteiger partial charge on any atom is 0.284 e. The monoisotopic (exact) mass is 480 g/mol. The number of hydrogen-bond donors (Lipinski definition) is 0. The van der Waals surface area contributed by atoms with Crippen LogP contribution in [0, 0.1) is 10.1 Å². The molecule has 0 saturated carbocycles. The van der Waals surface area contributed by atoms with Gasteiger partial charge in [0.2, 0.25) is 15.2 Å². The highest BCUT2D eigenvalue weighted by Crippen LogP contribution is 2.36. The quantitative estimate of drug-likeness (QED) is 0.372. The first kappa shape index (κ1) is 21.9. The first-order valence-corrected chi connectivity index (χ1v) is 12.8. The number of sulfonamides is 1. The molecule has 0 atom stereocenters. The minimum Gasteiger partial charge on any atom is -0.258 e. The Hall–Kier alpha value is -2.35. The summed E-state index contributed by atoms with van der Waals surface area (Å²) >= 11 is 2.60. The van der Waals surface area contributed by atoms with Gasteiger partial charge in [0, 0.05) is 24.0 Å². The highest BCUT2D eigenvalue weighted by Gasteiger charge is 2.28. The Balaban J connectivity index is 1.62. The lowest BCUT2D eigenvalue weighted by molar-refractivity contribution is -0.388. The van der Waals surface area contributed by atoms with Crippen molar-refractivity contribution >= 4 is 38.8 Å². The van der Waals surface area contributed by atoms with Crippen molar-refractivity contribution in [3.05, 3.63) is 50.7 Å². The molecule has 1 aliphatic rings. The van der Waals surface area contributed by atoms with Crippen LogP contribution in [0.1, 0.15) is 30.6 Å². The number of nitrogens with zero attached hydrogens (tertiary/aromatic N) is 6. The van der Waals surface area contributed by atoms with Crippen molar-refractivity contribution in [1.82, 2.24) is 24.5 Å². The topological polar surface area (TPSA) is 124 Å². The lowest BCUT2D eigenvalue weighted by Crippen LogP contribution is -2.31.